The fourth-order valence-electron chi connectivity index (χ4n) is 1.83. The van der Waals surface area contributed by atoms with E-state index in [4.69, 9.17) is 10.2 Å². The number of aromatic nitrogens is 2. The van der Waals surface area contributed by atoms with Gasteiger partial charge < -0.3 is 10.2 Å². The van der Waals surface area contributed by atoms with Crippen LogP contribution >= 0.6 is 0 Å². The number of anilines is 1. The molecule has 0 saturated heterocycles. The second-order valence-corrected chi connectivity index (χ2v) is 4.18. The summed E-state index contributed by atoms with van der Waals surface area (Å²) in [6.45, 7) is 0.282. The molecule has 0 saturated carbocycles. The van der Waals surface area contributed by atoms with Crippen LogP contribution in [0.4, 0.5) is 6.01 Å². The van der Waals surface area contributed by atoms with Crippen LogP contribution in [0.25, 0.3) is 11.1 Å². The minimum Gasteiger partial charge on any atom is -0.423 e. The maximum Gasteiger partial charge on any atom is 0.302 e. The minimum atomic E-state index is -0.311. The van der Waals surface area contributed by atoms with Crippen molar-refractivity contribution in [2.24, 2.45) is 5.73 Å². The molecule has 0 aliphatic heterocycles. The summed E-state index contributed by atoms with van der Waals surface area (Å²) in [7, 11) is 0. The van der Waals surface area contributed by atoms with Crippen molar-refractivity contribution in [1.29, 1.82) is 0 Å². The third-order valence-electron chi connectivity index (χ3n) is 2.80. The first kappa shape index (κ1) is 12.3. The van der Waals surface area contributed by atoms with Crippen LogP contribution in [0.1, 0.15) is 16.1 Å². The van der Waals surface area contributed by atoms with Crippen LogP contribution in [0, 0.1) is 0 Å². The summed E-state index contributed by atoms with van der Waals surface area (Å²) in [5.74, 6) is -0.311. The van der Waals surface area contributed by atoms with Gasteiger partial charge in [-0.2, -0.15) is 4.98 Å². The number of hydrogen-bond acceptors (Lipinski definition) is 5. The Morgan fingerprint density at radius 3 is 2.95 bits per heavy atom. The van der Waals surface area contributed by atoms with Crippen LogP contribution in [0.5, 0.6) is 0 Å². The molecule has 6 heteroatoms. The van der Waals surface area contributed by atoms with Crippen LogP contribution in [-0.4, -0.2) is 15.9 Å². The van der Waals surface area contributed by atoms with E-state index in [1.54, 1.807) is 24.4 Å². The summed E-state index contributed by atoms with van der Waals surface area (Å²) < 4.78 is 5.43. The molecule has 1 amide bonds. The van der Waals surface area contributed by atoms with Gasteiger partial charge in [-0.3, -0.25) is 15.1 Å². The summed E-state index contributed by atoms with van der Waals surface area (Å²) in [5.41, 5.74) is 7.93. The first-order valence-corrected chi connectivity index (χ1v) is 6.08. The van der Waals surface area contributed by atoms with Crippen LogP contribution in [0.15, 0.2) is 47.0 Å². The second-order valence-electron chi connectivity index (χ2n) is 4.18. The smallest absolute Gasteiger partial charge is 0.302 e. The summed E-state index contributed by atoms with van der Waals surface area (Å²) in [6, 6.07) is 10.7. The number of nitrogens with two attached hydrogens (primary N) is 1. The molecular formula is C14H12N4O2. The van der Waals surface area contributed by atoms with Crippen LogP contribution < -0.4 is 11.1 Å². The molecule has 0 aliphatic rings. The van der Waals surface area contributed by atoms with Gasteiger partial charge in [0.2, 0.25) is 0 Å². The summed E-state index contributed by atoms with van der Waals surface area (Å²) >= 11 is 0. The molecule has 3 rings (SSSR count). The molecule has 0 spiro atoms. The third kappa shape index (κ3) is 2.36. The molecular weight excluding hydrogens is 256 g/mol. The van der Waals surface area contributed by atoms with Gasteiger partial charge in [0.15, 0.2) is 5.58 Å². The SMILES string of the molecule is NCc1cc(C(=O)Nc2nc3ccccc3o2)ccn1. The molecule has 0 fully saturated rings. The predicted molar refractivity (Wildman–Crippen MR) is 74.1 cm³/mol. The number of para-hydroxylation sites is 2. The average Bonchev–Trinajstić information content (AvgIpc) is 2.89. The zero-order chi connectivity index (χ0) is 13.9. The Balaban J connectivity index is 1.84. The van der Waals surface area contributed by atoms with Gasteiger partial charge in [0.05, 0.1) is 5.69 Å². The molecule has 0 unspecified atom stereocenters. The lowest BCUT2D eigenvalue weighted by molar-refractivity contribution is 0.102. The van der Waals surface area contributed by atoms with Crippen molar-refractivity contribution < 1.29 is 9.21 Å². The van der Waals surface area contributed by atoms with Gasteiger partial charge in [-0.1, -0.05) is 12.1 Å². The number of rotatable bonds is 3. The normalized spacial score (nSPS) is 10.7. The maximum absolute atomic E-state index is 12.1. The second kappa shape index (κ2) is 5.10. The van der Waals surface area contributed by atoms with Gasteiger partial charge in [0.25, 0.3) is 5.91 Å². The summed E-state index contributed by atoms with van der Waals surface area (Å²) in [6.07, 6.45) is 1.54. The number of carbonyl (C=O) groups is 1. The monoisotopic (exact) mass is 268 g/mol. The van der Waals surface area contributed by atoms with Crippen molar-refractivity contribution >= 4 is 23.0 Å². The topological polar surface area (TPSA) is 94.0 Å². The largest absolute Gasteiger partial charge is 0.423 e. The third-order valence-corrected chi connectivity index (χ3v) is 2.80. The Bertz CT molecular complexity index is 733. The first-order chi connectivity index (χ1) is 9.76. The van der Waals surface area contributed by atoms with Crippen molar-refractivity contribution in [3.05, 3.63) is 53.9 Å². The van der Waals surface area contributed by atoms with Crippen molar-refractivity contribution in [1.82, 2.24) is 9.97 Å². The van der Waals surface area contributed by atoms with Crippen molar-refractivity contribution in [3.8, 4) is 0 Å². The lowest BCUT2D eigenvalue weighted by Gasteiger charge is -2.02. The quantitative estimate of drug-likeness (QED) is 0.757. The Morgan fingerprint density at radius 1 is 1.30 bits per heavy atom. The zero-order valence-corrected chi connectivity index (χ0v) is 10.5. The standard InChI is InChI=1S/C14H12N4O2/c15-8-10-7-9(5-6-16-10)13(19)18-14-17-11-3-1-2-4-12(11)20-14/h1-7H,8,15H2,(H,17,18,19). The van der Waals surface area contributed by atoms with Gasteiger partial charge in [-0.15, -0.1) is 0 Å². The van der Waals surface area contributed by atoms with E-state index in [2.05, 4.69) is 15.3 Å². The van der Waals surface area contributed by atoms with E-state index in [1.165, 1.54) is 0 Å². The molecule has 3 aromatic rings. The summed E-state index contributed by atoms with van der Waals surface area (Å²) in [5, 5.41) is 2.61. The molecule has 100 valence electrons. The van der Waals surface area contributed by atoms with Crippen LogP contribution in [0.3, 0.4) is 0 Å². The average molecular weight is 268 g/mol. The molecule has 20 heavy (non-hydrogen) atoms. The minimum absolute atomic E-state index is 0.169. The highest BCUT2D eigenvalue weighted by Gasteiger charge is 2.11. The fourth-order valence-corrected chi connectivity index (χ4v) is 1.83. The molecule has 0 bridgehead atoms. The molecule has 0 radical (unpaired) electrons. The number of fused-ring (bicyclic) bond motifs is 1. The number of nitrogens with one attached hydrogen (secondary N) is 1. The number of hydrogen-bond donors (Lipinski definition) is 2. The highest BCUT2D eigenvalue weighted by atomic mass is 16.4. The Morgan fingerprint density at radius 2 is 2.15 bits per heavy atom. The first-order valence-electron chi connectivity index (χ1n) is 6.08. The molecule has 2 heterocycles. The maximum atomic E-state index is 12.1. The number of oxazole rings is 1. The molecule has 1 aromatic carbocycles. The highest BCUT2D eigenvalue weighted by Crippen LogP contribution is 2.18. The molecule has 0 atom stereocenters. The molecule has 3 N–H and O–H groups in total. The number of amides is 1. The van der Waals surface area contributed by atoms with E-state index in [0.717, 1.165) is 0 Å². The number of pyridine rings is 1. The lowest BCUT2D eigenvalue weighted by atomic mass is 10.2. The van der Waals surface area contributed by atoms with Crippen molar-refractivity contribution in [2.45, 2.75) is 6.54 Å². The van der Waals surface area contributed by atoms with E-state index in [-0.39, 0.29) is 18.5 Å². The van der Waals surface area contributed by atoms with E-state index < -0.39 is 0 Å². The number of benzene rings is 1. The van der Waals surface area contributed by atoms with Crippen molar-refractivity contribution in [2.75, 3.05) is 5.32 Å². The lowest BCUT2D eigenvalue weighted by Crippen LogP contribution is -2.13. The van der Waals surface area contributed by atoms with Crippen LogP contribution in [0.2, 0.25) is 0 Å². The van der Waals surface area contributed by atoms with Gasteiger partial charge in [0.1, 0.15) is 5.52 Å². The zero-order valence-electron chi connectivity index (χ0n) is 10.5. The van der Waals surface area contributed by atoms with E-state index in [9.17, 15) is 4.79 Å². The number of carbonyl (C=O) groups excluding carboxylic acids is 1. The Labute approximate surface area is 114 Å². The van der Waals surface area contributed by atoms with Gasteiger partial charge in [0, 0.05) is 18.3 Å². The Hall–Kier alpha value is -2.73. The van der Waals surface area contributed by atoms with Gasteiger partial charge >= 0.3 is 6.01 Å². The molecule has 2 aromatic heterocycles. The summed E-state index contributed by atoms with van der Waals surface area (Å²) in [4.78, 5) is 20.3. The Kier molecular flexibility index (Phi) is 3.14. The predicted octanol–water partition coefficient (Wildman–Crippen LogP) is 1.93. The van der Waals surface area contributed by atoms with Crippen LogP contribution in [-0.2, 0) is 6.54 Å². The van der Waals surface area contributed by atoms with Gasteiger partial charge in [-0.05, 0) is 24.3 Å². The fraction of sp³-hybridized carbons (Fsp3) is 0.0714. The van der Waals surface area contributed by atoms with E-state index in [0.29, 0.717) is 22.4 Å². The van der Waals surface area contributed by atoms with Crippen molar-refractivity contribution in [3.63, 3.8) is 0 Å². The number of nitrogens with zero attached hydrogens (tertiary/aromatic N) is 2. The van der Waals surface area contributed by atoms with Gasteiger partial charge in [-0.25, -0.2) is 0 Å². The molecule has 0 aliphatic carbocycles. The highest BCUT2D eigenvalue weighted by molar-refractivity contribution is 6.03. The van der Waals surface area contributed by atoms with E-state index >= 15 is 0 Å². The molecule has 6 nitrogen and oxygen atoms in total. The van der Waals surface area contributed by atoms with E-state index in [1.807, 2.05) is 18.2 Å².